The summed E-state index contributed by atoms with van der Waals surface area (Å²) in [6, 6.07) is 12.5. The van der Waals surface area contributed by atoms with Crippen molar-refractivity contribution < 1.29 is 9.53 Å². The van der Waals surface area contributed by atoms with Gasteiger partial charge in [0.15, 0.2) is 0 Å². The van der Waals surface area contributed by atoms with E-state index in [2.05, 4.69) is 9.97 Å². The smallest absolute Gasteiger partial charge is 0.345 e. The Balaban J connectivity index is 1.85. The molecule has 0 fully saturated rings. The van der Waals surface area contributed by atoms with E-state index in [0.29, 0.717) is 16.3 Å². The molecule has 0 bridgehead atoms. The lowest BCUT2D eigenvalue weighted by atomic mass is 10.1. The zero-order valence-corrected chi connectivity index (χ0v) is 13.1. The van der Waals surface area contributed by atoms with Crippen molar-refractivity contribution in [1.29, 1.82) is 0 Å². The minimum Gasteiger partial charge on any atom is -0.421 e. The number of benzene rings is 1. The summed E-state index contributed by atoms with van der Waals surface area (Å²) in [5, 5.41) is 0.396. The van der Waals surface area contributed by atoms with E-state index >= 15 is 0 Å². The monoisotopic (exact) mass is 324 g/mol. The Labute approximate surface area is 138 Å². The number of esters is 1. The maximum absolute atomic E-state index is 12.3. The number of ether oxygens (including phenoxy) is 1. The Morgan fingerprint density at radius 3 is 2.74 bits per heavy atom. The van der Waals surface area contributed by atoms with E-state index in [1.54, 1.807) is 30.6 Å². The van der Waals surface area contributed by atoms with Crippen molar-refractivity contribution in [2.45, 2.75) is 6.92 Å². The highest BCUT2D eigenvalue weighted by molar-refractivity contribution is 6.32. The molecule has 0 spiro atoms. The molecule has 114 valence electrons. The van der Waals surface area contributed by atoms with Gasteiger partial charge >= 0.3 is 5.97 Å². The van der Waals surface area contributed by atoms with Crippen molar-refractivity contribution in [3.8, 4) is 17.0 Å². The van der Waals surface area contributed by atoms with Crippen molar-refractivity contribution in [3.63, 3.8) is 0 Å². The van der Waals surface area contributed by atoms with Crippen molar-refractivity contribution in [3.05, 3.63) is 77.2 Å². The van der Waals surface area contributed by atoms with Crippen LogP contribution in [0.4, 0.5) is 0 Å². The predicted molar refractivity (Wildman–Crippen MR) is 88.6 cm³/mol. The maximum Gasteiger partial charge on any atom is 0.345 e. The standard InChI is InChI=1S/C18H13ClN2O2/c1-12-5-6-17(15(19)8-12)23-18(22)14-9-13(10-20-11-14)16-4-2-3-7-21-16/h2-11H,1H3. The Morgan fingerprint density at radius 2 is 2.00 bits per heavy atom. The van der Waals surface area contributed by atoms with E-state index in [1.807, 2.05) is 31.2 Å². The summed E-state index contributed by atoms with van der Waals surface area (Å²) in [7, 11) is 0. The van der Waals surface area contributed by atoms with Crippen LogP contribution in [0.2, 0.25) is 5.02 Å². The molecular weight excluding hydrogens is 312 g/mol. The van der Waals surface area contributed by atoms with Gasteiger partial charge in [0.1, 0.15) is 5.75 Å². The molecule has 3 rings (SSSR count). The number of aromatic nitrogens is 2. The Kier molecular flexibility index (Phi) is 4.35. The summed E-state index contributed by atoms with van der Waals surface area (Å²) in [5.41, 5.74) is 2.82. The number of rotatable bonds is 3. The van der Waals surface area contributed by atoms with Crippen molar-refractivity contribution >= 4 is 17.6 Å². The summed E-state index contributed by atoms with van der Waals surface area (Å²) >= 11 is 6.09. The molecule has 0 atom stereocenters. The van der Waals surface area contributed by atoms with Gasteiger partial charge in [-0.05, 0) is 42.8 Å². The van der Waals surface area contributed by atoms with Crippen LogP contribution in [0.5, 0.6) is 5.75 Å². The summed E-state index contributed by atoms with van der Waals surface area (Å²) in [6.07, 6.45) is 4.79. The number of aryl methyl sites for hydroxylation is 1. The van der Waals surface area contributed by atoms with E-state index in [9.17, 15) is 4.79 Å². The summed E-state index contributed by atoms with van der Waals surface area (Å²) < 4.78 is 5.35. The van der Waals surface area contributed by atoms with Crippen molar-refractivity contribution in [2.24, 2.45) is 0 Å². The van der Waals surface area contributed by atoms with Crippen LogP contribution in [0.15, 0.2) is 61.1 Å². The van der Waals surface area contributed by atoms with Crippen LogP contribution < -0.4 is 4.74 Å². The number of carbonyl (C=O) groups excluding carboxylic acids is 1. The first kappa shape index (κ1) is 15.2. The van der Waals surface area contributed by atoms with Gasteiger partial charge < -0.3 is 4.74 Å². The Hall–Kier alpha value is -2.72. The number of pyridine rings is 2. The molecule has 23 heavy (non-hydrogen) atoms. The van der Waals surface area contributed by atoms with Crippen LogP contribution in [-0.4, -0.2) is 15.9 Å². The number of carbonyl (C=O) groups is 1. The summed E-state index contributed by atoms with van der Waals surface area (Å²) in [5.74, 6) is -0.188. The Morgan fingerprint density at radius 1 is 1.13 bits per heavy atom. The maximum atomic E-state index is 12.3. The zero-order valence-electron chi connectivity index (χ0n) is 12.4. The lowest BCUT2D eigenvalue weighted by molar-refractivity contribution is 0.0734. The van der Waals surface area contributed by atoms with Crippen molar-refractivity contribution in [1.82, 2.24) is 9.97 Å². The SMILES string of the molecule is Cc1ccc(OC(=O)c2cncc(-c3ccccn3)c2)c(Cl)c1. The number of nitrogens with zero attached hydrogens (tertiary/aromatic N) is 2. The predicted octanol–water partition coefficient (Wildman–Crippen LogP) is 4.32. The fourth-order valence-electron chi connectivity index (χ4n) is 2.07. The minimum atomic E-state index is -0.513. The molecule has 0 aliphatic heterocycles. The molecule has 0 N–H and O–H groups in total. The van der Waals surface area contributed by atoms with Crippen LogP contribution in [0.25, 0.3) is 11.3 Å². The van der Waals surface area contributed by atoms with Crippen LogP contribution in [-0.2, 0) is 0 Å². The first-order valence-corrected chi connectivity index (χ1v) is 7.36. The first-order valence-electron chi connectivity index (χ1n) is 6.98. The highest BCUT2D eigenvalue weighted by Crippen LogP contribution is 2.26. The third kappa shape index (κ3) is 3.55. The van der Waals surface area contributed by atoms with Crippen LogP contribution in [0.1, 0.15) is 15.9 Å². The van der Waals surface area contributed by atoms with Gasteiger partial charge in [0, 0.05) is 24.2 Å². The molecule has 2 aromatic heterocycles. The average Bonchev–Trinajstić information content (AvgIpc) is 2.58. The second-order valence-corrected chi connectivity index (χ2v) is 5.41. The van der Waals surface area contributed by atoms with Crippen LogP contribution in [0.3, 0.4) is 0 Å². The fourth-order valence-corrected chi connectivity index (χ4v) is 2.35. The zero-order chi connectivity index (χ0) is 16.2. The fraction of sp³-hybridized carbons (Fsp3) is 0.0556. The summed E-state index contributed by atoms with van der Waals surface area (Å²) in [6.45, 7) is 1.91. The normalized spacial score (nSPS) is 10.3. The molecule has 0 saturated heterocycles. The third-order valence-corrected chi connectivity index (χ3v) is 3.52. The van der Waals surface area contributed by atoms with Gasteiger partial charge in [0.05, 0.1) is 16.3 Å². The van der Waals surface area contributed by atoms with Gasteiger partial charge in [-0.2, -0.15) is 0 Å². The molecule has 0 aliphatic rings. The Bertz CT molecular complexity index is 851. The quantitative estimate of drug-likeness (QED) is 0.531. The third-order valence-electron chi connectivity index (χ3n) is 3.22. The molecule has 0 saturated carbocycles. The van der Waals surface area contributed by atoms with Crippen LogP contribution in [0, 0.1) is 6.92 Å². The van der Waals surface area contributed by atoms with E-state index in [1.165, 1.54) is 6.20 Å². The topological polar surface area (TPSA) is 52.1 Å². The first-order chi connectivity index (χ1) is 11.1. The molecule has 5 heteroatoms. The molecule has 0 radical (unpaired) electrons. The lowest BCUT2D eigenvalue weighted by Crippen LogP contribution is -2.09. The van der Waals surface area contributed by atoms with E-state index in [-0.39, 0.29) is 0 Å². The van der Waals surface area contributed by atoms with Gasteiger partial charge in [-0.25, -0.2) is 4.79 Å². The second kappa shape index (κ2) is 6.58. The van der Waals surface area contributed by atoms with E-state index in [4.69, 9.17) is 16.3 Å². The summed E-state index contributed by atoms with van der Waals surface area (Å²) in [4.78, 5) is 20.6. The van der Waals surface area contributed by atoms with E-state index < -0.39 is 5.97 Å². The highest BCUT2D eigenvalue weighted by Gasteiger charge is 2.13. The van der Waals surface area contributed by atoms with Gasteiger partial charge in [0.25, 0.3) is 0 Å². The van der Waals surface area contributed by atoms with Gasteiger partial charge in [-0.15, -0.1) is 0 Å². The highest BCUT2D eigenvalue weighted by atomic mass is 35.5. The van der Waals surface area contributed by atoms with E-state index in [0.717, 1.165) is 16.8 Å². The molecule has 2 heterocycles. The minimum absolute atomic E-state index is 0.325. The molecule has 0 aliphatic carbocycles. The van der Waals surface area contributed by atoms with Gasteiger partial charge in [-0.3, -0.25) is 9.97 Å². The molecule has 0 amide bonds. The number of halogens is 1. The molecule has 4 nitrogen and oxygen atoms in total. The average molecular weight is 325 g/mol. The number of hydrogen-bond donors (Lipinski definition) is 0. The second-order valence-electron chi connectivity index (χ2n) is 5.00. The molecule has 0 unspecified atom stereocenters. The molecule has 3 aromatic rings. The van der Waals surface area contributed by atoms with Gasteiger partial charge in [-0.1, -0.05) is 23.7 Å². The van der Waals surface area contributed by atoms with Crippen LogP contribution >= 0.6 is 11.6 Å². The van der Waals surface area contributed by atoms with Crippen molar-refractivity contribution in [2.75, 3.05) is 0 Å². The molecule has 1 aromatic carbocycles. The number of hydrogen-bond acceptors (Lipinski definition) is 4. The molecular formula is C18H13ClN2O2. The largest absolute Gasteiger partial charge is 0.421 e. The lowest BCUT2D eigenvalue weighted by Gasteiger charge is -2.07. The van der Waals surface area contributed by atoms with Gasteiger partial charge in [0.2, 0.25) is 0 Å².